The fourth-order valence-electron chi connectivity index (χ4n) is 1.87. The Hall–Kier alpha value is -1.38. The van der Waals surface area contributed by atoms with Crippen LogP contribution in [-0.4, -0.2) is 16.2 Å². The van der Waals surface area contributed by atoms with Crippen LogP contribution in [0.5, 0.6) is 0 Å². The first-order chi connectivity index (χ1) is 7.36. The SMILES string of the molecule is CCCc1nc2ccccc2n1CCF. The van der Waals surface area contributed by atoms with Gasteiger partial charge in [-0.1, -0.05) is 19.1 Å². The minimum absolute atomic E-state index is 0.336. The maximum absolute atomic E-state index is 12.5. The van der Waals surface area contributed by atoms with E-state index in [-0.39, 0.29) is 6.67 Å². The molecular weight excluding hydrogens is 191 g/mol. The summed E-state index contributed by atoms with van der Waals surface area (Å²) in [6.07, 6.45) is 1.95. The van der Waals surface area contributed by atoms with E-state index in [4.69, 9.17) is 0 Å². The molecule has 1 aromatic carbocycles. The van der Waals surface area contributed by atoms with Gasteiger partial charge in [-0.3, -0.25) is 0 Å². The highest BCUT2D eigenvalue weighted by atomic mass is 19.1. The lowest BCUT2D eigenvalue weighted by Gasteiger charge is -2.05. The highest BCUT2D eigenvalue weighted by Gasteiger charge is 2.08. The van der Waals surface area contributed by atoms with Crippen LogP contribution in [0.15, 0.2) is 24.3 Å². The molecule has 3 heteroatoms. The summed E-state index contributed by atoms with van der Waals surface area (Å²) in [6.45, 7) is 2.19. The summed E-state index contributed by atoms with van der Waals surface area (Å²) in [7, 11) is 0. The Morgan fingerprint density at radius 1 is 1.33 bits per heavy atom. The lowest BCUT2D eigenvalue weighted by molar-refractivity contribution is 0.443. The average molecular weight is 206 g/mol. The molecule has 0 aliphatic rings. The second kappa shape index (κ2) is 4.43. The van der Waals surface area contributed by atoms with Gasteiger partial charge in [-0.15, -0.1) is 0 Å². The Morgan fingerprint density at radius 3 is 2.87 bits per heavy atom. The molecule has 0 unspecified atom stereocenters. The quantitative estimate of drug-likeness (QED) is 0.752. The predicted octanol–water partition coefficient (Wildman–Crippen LogP) is 2.96. The van der Waals surface area contributed by atoms with Crippen LogP contribution in [0.1, 0.15) is 19.2 Å². The zero-order chi connectivity index (χ0) is 10.7. The molecule has 0 aliphatic heterocycles. The zero-order valence-corrected chi connectivity index (χ0v) is 8.91. The molecule has 0 bridgehead atoms. The summed E-state index contributed by atoms with van der Waals surface area (Å²) in [6, 6.07) is 7.90. The summed E-state index contributed by atoms with van der Waals surface area (Å²) in [5.41, 5.74) is 2.01. The monoisotopic (exact) mass is 206 g/mol. The number of aryl methyl sites for hydroxylation is 2. The van der Waals surface area contributed by atoms with Gasteiger partial charge in [0.15, 0.2) is 0 Å². The maximum atomic E-state index is 12.5. The molecule has 0 saturated heterocycles. The van der Waals surface area contributed by atoms with Crippen molar-refractivity contribution >= 4 is 11.0 Å². The van der Waals surface area contributed by atoms with Crippen molar-refractivity contribution in [2.45, 2.75) is 26.3 Å². The van der Waals surface area contributed by atoms with Crippen molar-refractivity contribution in [1.29, 1.82) is 0 Å². The number of fused-ring (bicyclic) bond motifs is 1. The molecule has 0 radical (unpaired) electrons. The molecule has 0 aliphatic carbocycles. The van der Waals surface area contributed by atoms with E-state index in [2.05, 4.69) is 11.9 Å². The van der Waals surface area contributed by atoms with Gasteiger partial charge in [-0.25, -0.2) is 9.37 Å². The van der Waals surface area contributed by atoms with Crippen LogP contribution in [0.25, 0.3) is 11.0 Å². The van der Waals surface area contributed by atoms with Crippen molar-refractivity contribution in [3.8, 4) is 0 Å². The number of alkyl halides is 1. The first-order valence-electron chi connectivity index (χ1n) is 5.37. The minimum Gasteiger partial charge on any atom is -0.325 e. The van der Waals surface area contributed by atoms with Crippen LogP contribution in [0.4, 0.5) is 4.39 Å². The van der Waals surface area contributed by atoms with Crippen LogP contribution in [0, 0.1) is 0 Å². The van der Waals surface area contributed by atoms with Gasteiger partial charge in [0.2, 0.25) is 0 Å². The smallest absolute Gasteiger partial charge is 0.109 e. The molecular formula is C12H15FN2. The Morgan fingerprint density at radius 2 is 2.13 bits per heavy atom. The van der Waals surface area contributed by atoms with E-state index in [0.29, 0.717) is 6.54 Å². The number of aromatic nitrogens is 2. The number of halogens is 1. The van der Waals surface area contributed by atoms with E-state index in [1.807, 2.05) is 28.8 Å². The number of hydrogen-bond acceptors (Lipinski definition) is 1. The number of nitrogens with zero attached hydrogens (tertiary/aromatic N) is 2. The van der Waals surface area contributed by atoms with E-state index in [9.17, 15) is 4.39 Å². The van der Waals surface area contributed by atoms with Gasteiger partial charge in [0.05, 0.1) is 17.6 Å². The Kier molecular flexibility index (Phi) is 2.99. The minimum atomic E-state index is -0.336. The Balaban J connectivity index is 2.53. The third kappa shape index (κ3) is 1.87. The summed E-state index contributed by atoms with van der Waals surface area (Å²) in [5, 5.41) is 0. The molecule has 2 rings (SSSR count). The average Bonchev–Trinajstić information content (AvgIpc) is 2.59. The molecule has 0 fully saturated rings. The fourth-order valence-corrected chi connectivity index (χ4v) is 1.87. The van der Waals surface area contributed by atoms with Crippen LogP contribution >= 0.6 is 0 Å². The topological polar surface area (TPSA) is 17.8 Å². The molecule has 0 saturated carbocycles. The highest BCUT2D eigenvalue weighted by Crippen LogP contribution is 2.16. The second-order valence-corrected chi connectivity index (χ2v) is 3.61. The van der Waals surface area contributed by atoms with Crippen molar-refractivity contribution in [2.24, 2.45) is 0 Å². The first kappa shape index (κ1) is 10.1. The normalized spacial score (nSPS) is 11.1. The molecule has 0 spiro atoms. The molecule has 0 N–H and O–H groups in total. The van der Waals surface area contributed by atoms with Crippen molar-refractivity contribution < 1.29 is 4.39 Å². The van der Waals surface area contributed by atoms with Crippen molar-refractivity contribution in [3.05, 3.63) is 30.1 Å². The maximum Gasteiger partial charge on any atom is 0.109 e. The molecule has 2 nitrogen and oxygen atoms in total. The van der Waals surface area contributed by atoms with Gasteiger partial charge in [0, 0.05) is 6.42 Å². The second-order valence-electron chi connectivity index (χ2n) is 3.61. The predicted molar refractivity (Wildman–Crippen MR) is 59.7 cm³/mol. The number of para-hydroxylation sites is 2. The van der Waals surface area contributed by atoms with E-state index < -0.39 is 0 Å². The largest absolute Gasteiger partial charge is 0.325 e. The van der Waals surface area contributed by atoms with Crippen LogP contribution in [0.2, 0.25) is 0 Å². The number of benzene rings is 1. The third-order valence-electron chi connectivity index (χ3n) is 2.52. The lowest BCUT2D eigenvalue weighted by atomic mass is 10.3. The molecule has 0 atom stereocenters. The van der Waals surface area contributed by atoms with Crippen molar-refractivity contribution in [2.75, 3.05) is 6.67 Å². The Labute approximate surface area is 88.7 Å². The van der Waals surface area contributed by atoms with E-state index in [1.165, 1.54) is 0 Å². The molecule has 80 valence electrons. The van der Waals surface area contributed by atoms with Crippen molar-refractivity contribution in [1.82, 2.24) is 9.55 Å². The zero-order valence-electron chi connectivity index (χ0n) is 8.91. The van der Waals surface area contributed by atoms with Gasteiger partial charge in [-0.2, -0.15) is 0 Å². The molecule has 1 aromatic heterocycles. The number of imidazole rings is 1. The van der Waals surface area contributed by atoms with Crippen LogP contribution < -0.4 is 0 Å². The van der Waals surface area contributed by atoms with Crippen LogP contribution in [-0.2, 0) is 13.0 Å². The van der Waals surface area contributed by atoms with Gasteiger partial charge in [-0.05, 0) is 18.6 Å². The molecule has 1 heterocycles. The van der Waals surface area contributed by atoms with E-state index >= 15 is 0 Å². The standard InChI is InChI=1S/C12H15FN2/c1-2-5-12-14-10-6-3-4-7-11(10)15(12)9-8-13/h3-4,6-7H,2,5,8-9H2,1H3. The third-order valence-corrected chi connectivity index (χ3v) is 2.52. The van der Waals surface area contributed by atoms with E-state index in [0.717, 1.165) is 29.7 Å². The first-order valence-corrected chi connectivity index (χ1v) is 5.37. The number of hydrogen-bond donors (Lipinski definition) is 0. The highest BCUT2D eigenvalue weighted by molar-refractivity contribution is 5.75. The van der Waals surface area contributed by atoms with Gasteiger partial charge >= 0.3 is 0 Å². The van der Waals surface area contributed by atoms with Gasteiger partial charge < -0.3 is 4.57 Å². The Bertz CT molecular complexity index is 448. The molecule has 0 amide bonds. The molecule has 15 heavy (non-hydrogen) atoms. The number of rotatable bonds is 4. The van der Waals surface area contributed by atoms with Gasteiger partial charge in [0.1, 0.15) is 12.5 Å². The summed E-state index contributed by atoms with van der Waals surface area (Å²) in [5.74, 6) is 0.997. The van der Waals surface area contributed by atoms with Gasteiger partial charge in [0.25, 0.3) is 0 Å². The van der Waals surface area contributed by atoms with Crippen molar-refractivity contribution in [3.63, 3.8) is 0 Å². The van der Waals surface area contributed by atoms with E-state index in [1.54, 1.807) is 0 Å². The van der Waals surface area contributed by atoms with Crippen LogP contribution in [0.3, 0.4) is 0 Å². The lowest BCUT2D eigenvalue weighted by Crippen LogP contribution is -2.04. The molecule has 2 aromatic rings. The summed E-state index contributed by atoms with van der Waals surface area (Å²) >= 11 is 0. The summed E-state index contributed by atoms with van der Waals surface area (Å²) < 4.78 is 14.4. The summed E-state index contributed by atoms with van der Waals surface area (Å²) in [4.78, 5) is 4.52. The fraction of sp³-hybridized carbons (Fsp3) is 0.417.